The average Bonchev–Trinajstić information content (AvgIpc) is 2.43. The molecule has 0 spiro atoms. The predicted octanol–water partition coefficient (Wildman–Crippen LogP) is 1.60. The summed E-state index contributed by atoms with van der Waals surface area (Å²) in [7, 11) is 1.35. The maximum Gasteiger partial charge on any atom is 0.329 e. The Labute approximate surface area is 121 Å². The van der Waals surface area contributed by atoms with E-state index in [1.54, 1.807) is 6.07 Å². The lowest BCUT2D eigenvalue weighted by Gasteiger charge is -2.31. The minimum atomic E-state index is -1.38. The summed E-state index contributed by atoms with van der Waals surface area (Å²) in [6.07, 6.45) is 0. The molecule has 0 aliphatic carbocycles. The second-order valence-electron chi connectivity index (χ2n) is 4.97. The summed E-state index contributed by atoms with van der Waals surface area (Å²) in [6, 6.07) is 5.40. The Bertz CT molecular complexity index is 571. The molecule has 0 heterocycles. The van der Waals surface area contributed by atoms with E-state index in [0.29, 0.717) is 5.56 Å². The SMILES string of the molecule is CN(C(=O)NCc1ccccc1[N+](=O)[O-])C(C)(C)C(=O)O. The fraction of sp³-hybridized carbons (Fsp3) is 0.385. The van der Waals surface area contributed by atoms with Gasteiger partial charge in [0.05, 0.1) is 11.5 Å². The Morgan fingerprint density at radius 1 is 1.38 bits per heavy atom. The minimum Gasteiger partial charge on any atom is -0.480 e. The fourth-order valence-corrected chi connectivity index (χ4v) is 1.53. The van der Waals surface area contributed by atoms with Crippen molar-refractivity contribution in [1.29, 1.82) is 0 Å². The van der Waals surface area contributed by atoms with Gasteiger partial charge in [0.25, 0.3) is 5.69 Å². The molecule has 0 aliphatic heterocycles. The zero-order valence-electron chi connectivity index (χ0n) is 12.0. The van der Waals surface area contributed by atoms with E-state index in [4.69, 9.17) is 5.11 Å². The van der Waals surface area contributed by atoms with Crippen molar-refractivity contribution in [3.05, 3.63) is 39.9 Å². The van der Waals surface area contributed by atoms with Crippen molar-refractivity contribution in [2.75, 3.05) is 7.05 Å². The van der Waals surface area contributed by atoms with Gasteiger partial charge in [0.2, 0.25) is 0 Å². The number of amides is 2. The molecule has 2 amide bonds. The number of nitrogens with one attached hydrogen (secondary N) is 1. The first-order valence-electron chi connectivity index (χ1n) is 6.15. The Morgan fingerprint density at radius 3 is 2.48 bits per heavy atom. The molecular weight excluding hydrogens is 278 g/mol. The van der Waals surface area contributed by atoms with Crippen LogP contribution in [0.25, 0.3) is 0 Å². The normalized spacial score (nSPS) is 10.8. The molecule has 1 aromatic rings. The van der Waals surface area contributed by atoms with Crippen LogP contribution in [-0.2, 0) is 11.3 Å². The lowest BCUT2D eigenvalue weighted by molar-refractivity contribution is -0.385. The van der Waals surface area contributed by atoms with E-state index in [2.05, 4.69) is 5.32 Å². The first-order valence-corrected chi connectivity index (χ1v) is 6.15. The van der Waals surface area contributed by atoms with E-state index < -0.39 is 22.5 Å². The topological polar surface area (TPSA) is 113 Å². The van der Waals surface area contributed by atoms with E-state index in [-0.39, 0.29) is 12.2 Å². The van der Waals surface area contributed by atoms with Gasteiger partial charge in [-0.15, -0.1) is 0 Å². The quantitative estimate of drug-likeness (QED) is 0.632. The van der Waals surface area contributed by atoms with E-state index in [9.17, 15) is 19.7 Å². The van der Waals surface area contributed by atoms with Gasteiger partial charge in [-0.2, -0.15) is 0 Å². The summed E-state index contributed by atoms with van der Waals surface area (Å²) in [5.74, 6) is -1.15. The molecule has 21 heavy (non-hydrogen) atoms. The number of aliphatic carboxylic acids is 1. The Kier molecular flexibility index (Phi) is 4.85. The smallest absolute Gasteiger partial charge is 0.329 e. The number of carbonyl (C=O) groups is 2. The van der Waals surface area contributed by atoms with Gasteiger partial charge < -0.3 is 15.3 Å². The average molecular weight is 295 g/mol. The Hall–Kier alpha value is -2.64. The highest BCUT2D eigenvalue weighted by molar-refractivity contribution is 5.85. The highest BCUT2D eigenvalue weighted by Crippen LogP contribution is 2.18. The Balaban J connectivity index is 2.79. The van der Waals surface area contributed by atoms with Crippen LogP contribution >= 0.6 is 0 Å². The number of para-hydroxylation sites is 1. The zero-order valence-corrected chi connectivity index (χ0v) is 12.0. The minimum absolute atomic E-state index is 0.0595. The van der Waals surface area contributed by atoms with Crippen molar-refractivity contribution < 1.29 is 19.6 Å². The number of likely N-dealkylation sites (N-methyl/N-ethyl adjacent to an activating group) is 1. The lowest BCUT2D eigenvalue weighted by Crippen LogP contribution is -2.53. The number of carboxylic acids is 1. The van der Waals surface area contributed by atoms with Crippen LogP contribution in [0.1, 0.15) is 19.4 Å². The van der Waals surface area contributed by atoms with Crippen molar-refractivity contribution in [3.8, 4) is 0 Å². The molecule has 0 fully saturated rings. The number of nitro groups is 1. The summed E-state index contributed by atoms with van der Waals surface area (Å²) in [5.41, 5.74) is -1.14. The van der Waals surface area contributed by atoms with Gasteiger partial charge in [-0.1, -0.05) is 18.2 Å². The third-order valence-corrected chi connectivity index (χ3v) is 3.28. The Morgan fingerprint density at radius 2 is 1.95 bits per heavy atom. The zero-order chi connectivity index (χ0) is 16.2. The third kappa shape index (κ3) is 3.68. The van der Waals surface area contributed by atoms with Crippen LogP contribution in [0.2, 0.25) is 0 Å². The van der Waals surface area contributed by atoms with Crippen LogP contribution in [0.3, 0.4) is 0 Å². The summed E-state index contributed by atoms with van der Waals surface area (Å²) in [5, 5.41) is 22.4. The number of hydrogen-bond acceptors (Lipinski definition) is 4. The molecule has 0 saturated heterocycles. The molecule has 0 aliphatic rings. The van der Waals surface area contributed by atoms with Crippen LogP contribution in [0.5, 0.6) is 0 Å². The van der Waals surface area contributed by atoms with Crippen molar-refractivity contribution in [3.63, 3.8) is 0 Å². The number of nitro benzene ring substituents is 1. The molecule has 0 unspecified atom stereocenters. The lowest BCUT2D eigenvalue weighted by atomic mass is 10.1. The summed E-state index contributed by atoms with van der Waals surface area (Å²) < 4.78 is 0. The highest BCUT2D eigenvalue weighted by atomic mass is 16.6. The van der Waals surface area contributed by atoms with Crippen LogP contribution in [-0.4, -0.2) is 39.5 Å². The first kappa shape index (κ1) is 16.4. The second kappa shape index (κ2) is 6.21. The summed E-state index contributed by atoms with van der Waals surface area (Å²) in [6.45, 7) is 2.72. The predicted molar refractivity (Wildman–Crippen MR) is 74.8 cm³/mol. The van der Waals surface area contributed by atoms with Crippen molar-refractivity contribution in [2.45, 2.75) is 25.9 Å². The van der Waals surface area contributed by atoms with Gasteiger partial charge in [-0.25, -0.2) is 9.59 Å². The second-order valence-corrected chi connectivity index (χ2v) is 4.97. The molecule has 8 heteroatoms. The van der Waals surface area contributed by atoms with E-state index in [1.807, 2.05) is 0 Å². The maximum atomic E-state index is 11.9. The molecule has 0 aromatic heterocycles. The standard InChI is InChI=1S/C13H17N3O5/c1-13(2,11(17)18)15(3)12(19)14-8-9-6-4-5-7-10(9)16(20)21/h4-7H,8H2,1-3H3,(H,14,19)(H,17,18). The van der Waals surface area contributed by atoms with E-state index in [1.165, 1.54) is 39.1 Å². The van der Waals surface area contributed by atoms with Crippen LogP contribution < -0.4 is 5.32 Å². The van der Waals surface area contributed by atoms with Crippen molar-refractivity contribution in [2.24, 2.45) is 0 Å². The van der Waals surface area contributed by atoms with E-state index in [0.717, 1.165) is 4.90 Å². The molecule has 1 aromatic carbocycles. The van der Waals surface area contributed by atoms with Gasteiger partial charge >= 0.3 is 12.0 Å². The molecule has 0 atom stereocenters. The third-order valence-electron chi connectivity index (χ3n) is 3.28. The number of rotatable bonds is 5. The monoisotopic (exact) mass is 295 g/mol. The van der Waals surface area contributed by atoms with Gasteiger partial charge in [0, 0.05) is 18.7 Å². The van der Waals surface area contributed by atoms with Gasteiger partial charge in [-0.3, -0.25) is 10.1 Å². The number of benzene rings is 1. The van der Waals surface area contributed by atoms with Crippen LogP contribution in [0, 0.1) is 10.1 Å². The molecule has 2 N–H and O–H groups in total. The largest absolute Gasteiger partial charge is 0.480 e. The number of carbonyl (C=O) groups excluding carboxylic acids is 1. The van der Waals surface area contributed by atoms with Gasteiger partial charge in [0.15, 0.2) is 0 Å². The fourth-order valence-electron chi connectivity index (χ4n) is 1.53. The number of carboxylic acid groups (broad SMARTS) is 1. The molecular formula is C13H17N3O5. The van der Waals surface area contributed by atoms with Gasteiger partial charge in [0.1, 0.15) is 5.54 Å². The van der Waals surface area contributed by atoms with Crippen LogP contribution in [0.4, 0.5) is 10.5 Å². The van der Waals surface area contributed by atoms with Crippen molar-refractivity contribution >= 4 is 17.7 Å². The summed E-state index contributed by atoms with van der Waals surface area (Å²) in [4.78, 5) is 34.4. The highest BCUT2D eigenvalue weighted by Gasteiger charge is 2.35. The van der Waals surface area contributed by atoms with E-state index >= 15 is 0 Å². The first-order chi connectivity index (χ1) is 9.67. The maximum absolute atomic E-state index is 11.9. The number of hydrogen-bond donors (Lipinski definition) is 2. The number of nitrogens with zero attached hydrogens (tertiary/aromatic N) is 2. The summed E-state index contributed by atoms with van der Waals surface area (Å²) >= 11 is 0. The van der Waals surface area contributed by atoms with Crippen molar-refractivity contribution in [1.82, 2.24) is 10.2 Å². The molecule has 8 nitrogen and oxygen atoms in total. The molecule has 0 saturated carbocycles. The van der Waals surface area contributed by atoms with Gasteiger partial charge in [-0.05, 0) is 13.8 Å². The molecule has 0 bridgehead atoms. The molecule has 1 rings (SSSR count). The molecule has 114 valence electrons. The number of urea groups is 1. The van der Waals surface area contributed by atoms with Crippen LogP contribution in [0.15, 0.2) is 24.3 Å². The molecule has 0 radical (unpaired) electrons.